The molecule has 0 aliphatic heterocycles. The molecule has 1 aromatic rings. The van der Waals surface area contributed by atoms with Gasteiger partial charge in [0.1, 0.15) is 5.82 Å². The van der Waals surface area contributed by atoms with Gasteiger partial charge in [0.05, 0.1) is 0 Å². The van der Waals surface area contributed by atoms with E-state index >= 15 is 0 Å². The molecule has 0 bridgehead atoms. The van der Waals surface area contributed by atoms with Crippen molar-refractivity contribution in [2.45, 2.75) is 46.0 Å². The normalized spacial score (nSPS) is 17.7. The largest absolute Gasteiger partial charge is 0.310 e. The molecule has 2 rings (SSSR count). The third-order valence-electron chi connectivity index (χ3n) is 3.80. The number of hydrogen-bond donors (Lipinski definition) is 1. The molecule has 0 saturated heterocycles. The number of aromatic nitrogens is 1. The highest BCUT2D eigenvalue weighted by molar-refractivity contribution is 9.10. The topological polar surface area (TPSA) is 42.0 Å². The molecule has 1 amide bonds. The lowest BCUT2D eigenvalue weighted by atomic mass is 9.77. The van der Waals surface area contributed by atoms with Crippen LogP contribution in [0.2, 0.25) is 0 Å². The Morgan fingerprint density at radius 2 is 2.16 bits per heavy atom. The van der Waals surface area contributed by atoms with Crippen molar-refractivity contribution in [2.24, 2.45) is 11.3 Å². The van der Waals surface area contributed by atoms with Crippen LogP contribution in [0.15, 0.2) is 22.8 Å². The Kier molecular flexibility index (Phi) is 4.61. The van der Waals surface area contributed by atoms with E-state index in [2.05, 4.69) is 40.1 Å². The number of pyridine rings is 1. The van der Waals surface area contributed by atoms with Gasteiger partial charge in [-0.3, -0.25) is 4.79 Å². The number of nitrogens with one attached hydrogen (secondary N) is 1. The minimum atomic E-state index is -0.182. The fourth-order valence-corrected chi connectivity index (χ4v) is 3.41. The minimum absolute atomic E-state index is 0.143. The number of hydrogen-bond acceptors (Lipinski definition) is 2. The first kappa shape index (κ1) is 14.5. The highest BCUT2D eigenvalue weighted by atomic mass is 79.9. The van der Waals surface area contributed by atoms with Gasteiger partial charge < -0.3 is 5.32 Å². The van der Waals surface area contributed by atoms with E-state index in [0.29, 0.717) is 11.7 Å². The first-order valence-electron chi connectivity index (χ1n) is 6.95. The Bertz CT molecular complexity index is 453. The molecule has 4 heteroatoms. The van der Waals surface area contributed by atoms with Crippen LogP contribution in [0, 0.1) is 11.3 Å². The number of rotatable bonds is 4. The summed E-state index contributed by atoms with van der Waals surface area (Å²) in [7, 11) is 0. The van der Waals surface area contributed by atoms with Crippen LogP contribution in [-0.4, -0.2) is 10.9 Å². The first-order chi connectivity index (χ1) is 9.02. The summed E-state index contributed by atoms with van der Waals surface area (Å²) in [4.78, 5) is 16.8. The van der Waals surface area contributed by atoms with E-state index < -0.39 is 0 Å². The molecule has 1 aliphatic rings. The Morgan fingerprint density at radius 3 is 2.74 bits per heavy atom. The second-order valence-corrected chi connectivity index (χ2v) is 6.81. The van der Waals surface area contributed by atoms with E-state index in [1.807, 2.05) is 12.1 Å². The first-order valence-corrected chi connectivity index (χ1v) is 7.74. The van der Waals surface area contributed by atoms with Crippen LogP contribution < -0.4 is 5.32 Å². The van der Waals surface area contributed by atoms with Crippen molar-refractivity contribution in [3.63, 3.8) is 0 Å². The lowest BCUT2D eigenvalue weighted by Crippen LogP contribution is -2.35. The molecular formula is C15H21BrN2O. The summed E-state index contributed by atoms with van der Waals surface area (Å²) in [5.41, 5.74) is -0.182. The quantitative estimate of drug-likeness (QED) is 0.892. The Morgan fingerprint density at radius 1 is 1.47 bits per heavy atom. The zero-order valence-electron chi connectivity index (χ0n) is 11.6. The van der Waals surface area contributed by atoms with Crippen molar-refractivity contribution >= 4 is 27.7 Å². The highest BCUT2D eigenvalue weighted by Gasteiger charge is 2.41. The standard InChI is InChI=1S/C15H21BrN2O/c1-11(2)10-15(6-3-4-7-15)14(19)18-13-9-12(16)5-8-17-13/h5,8-9,11H,3-4,6-7,10H2,1-2H3,(H,17,18,19). The molecule has 1 aromatic heterocycles. The molecule has 0 atom stereocenters. The van der Waals surface area contributed by atoms with E-state index in [1.165, 1.54) is 0 Å². The van der Waals surface area contributed by atoms with Gasteiger partial charge in [-0.15, -0.1) is 0 Å². The third kappa shape index (κ3) is 3.56. The molecule has 19 heavy (non-hydrogen) atoms. The molecule has 1 saturated carbocycles. The Labute approximate surface area is 123 Å². The Hall–Kier alpha value is -0.900. The lowest BCUT2D eigenvalue weighted by molar-refractivity contribution is -0.126. The van der Waals surface area contributed by atoms with Gasteiger partial charge in [0.25, 0.3) is 0 Å². The maximum atomic E-state index is 12.6. The Balaban J connectivity index is 2.12. The molecule has 3 nitrogen and oxygen atoms in total. The van der Waals surface area contributed by atoms with Crippen LogP contribution in [-0.2, 0) is 4.79 Å². The summed E-state index contributed by atoms with van der Waals surface area (Å²) < 4.78 is 0.933. The van der Waals surface area contributed by atoms with Crippen LogP contribution in [0.4, 0.5) is 5.82 Å². The smallest absolute Gasteiger partial charge is 0.231 e. The van der Waals surface area contributed by atoms with Crippen molar-refractivity contribution < 1.29 is 4.79 Å². The minimum Gasteiger partial charge on any atom is -0.310 e. The second-order valence-electron chi connectivity index (χ2n) is 5.90. The number of carbonyl (C=O) groups excluding carboxylic acids is 1. The number of amides is 1. The van der Waals surface area contributed by atoms with Crippen molar-refractivity contribution in [2.75, 3.05) is 5.32 Å². The van der Waals surface area contributed by atoms with Gasteiger partial charge in [-0.25, -0.2) is 4.98 Å². The molecule has 0 radical (unpaired) electrons. The fourth-order valence-electron chi connectivity index (χ4n) is 3.08. The SMILES string of the molecule is CC(C)CC1(C(=O)Nc2cc(Br)ccn2)CCCC1. The molecule has 0 spiro atoms. The maximum absolute atomic E-state index is 12.6. The molecule has 1 N–H and O–H groups in total. The van der Waals surface area contributed by atoms with Crippen LogP contribution in [0.25, 0.3) is 0 Å². The van der Waals surface area contributed by atoms with E-state index in [4.69, 9.17) is 0 Å². The fraction of sp³-hybridized carbons (Fsp3) is 0.600. The average molecular weight is 325 g/mol. The molecule has 104 valence electrons. The van der Waals surface area contributed by atoms with E-state index in [1.54, 1.807) is 6.20 Å². The lowest BCUT2D eigenvalue weighted by Gasteiger charge is -2.29. The predicted molar refractivity (Wildman–Crippen MR) is 80.9 cm³/mol. The summed E-state index contributed by atoms with van der Waals surface area (Å²) >= 11 is 3.40. The summed E-state index contributed by atoms with van der Waals surface area (Å²) in [5.74, 6) is 1.32. The average Bonchev–Trinajstić information content (AvgIpc) is 2.78. The van der Waals surface area contributed by atoms with Crippen LogP contribution >= 0.6 is 15.9 Å². The van der Waals surface area contributed by atoms with Crippen molar-refractivity contribution in [1.29, 1.82) is 0 Å². The van der Waals surface area contributed by atoms with Gasteiger partial charge in [0, 0.05) is 16.1 Å². The number of carbonyl (C=O) groups is 1. The zero-order chi connectivity index (χ0) is 13.9. The van der Waals surface area contributed by atoms with Crippen molar-refractivity contribution in [3.05, 3.63) is 22.8 Å². The van der Waals surface area contributed by atoms with Crippen LogP contribution in [0.3, 0.4) is 0 Å². The van der Waals surface area contributed by atoms with Gasteiger partial charge in [-0.1, -0.05) is 42.6 Å². The van der Waals surface area contributed by atoms with E-state index in [9.17, 15) is 4.79 Å². The van der Waals surface area contributed by atoms with Crippen molar-refractivity contribution in [1.82, 2.24) is 4.98 Å². The molecule has 1 fully saturated rings. The molecular weight excluding hydrogens is 304 g/mol. The summed E-state index contributed by atoms with van der Waals surface area (Å²) in [6, 6.07) is 3.70. The molecule has 0 aromatic carbocycles. The molecule has 1 heterocycles. The molecule has 1 aliphatic carbocycles. The number of halogens is 1. The van der Waals surface area contributed by atoms with Crippen LogP contribution in [0.5, 0.6) is 0 Å². The summed E-state index contributed by atoms with van der Waals surface area (Å²) in [6.45, 7) is 4.37. The number of anilines is 1. The van der Waals surface area contributed by atoms with Gasteiger partial charge in [0.2, 0.25) is 5.91 Å². The van der Waals surface area contributed by atoms with Gasteiger partial charge in [-0.2, -0.15) is 0 Å². The maximum Gasteiger partial charge on any atom is 0.231 e. The van der Waals surface area contributed by atoms with Gasteiger partial charge in [0.15, 0.2) is 0 Å². The monoisotopic (exact) mass is 324 g/mol. The van der Waals surface area contributed by atoms with Gasteiger partial charge in [-0.05, 0) is 37.3 Å². The van der Waals surface area contributed by atoms with Crippen LogP contribution in [0.1, 0.15) is 46.0 Å². The number of nitrogens with zero attached hydrogens (tertiary/aromatic N) is 1. The highest BCUT2D eigenvalue weighted by Crippen LogP contribution is 2.44. The third-order valence-corrected chi connectivity index (χ3v) is 4.30. The summed E-state index contributed by atoms with van der Waals surface area (Å²) in [5, 5.41) is 2.99. The van der Waals surface area contributed by atoms with Gasteiger partial charge >= 0.3 is 0 Å². The zero-order valence-corrected chi connectivity index (χ0v) is 13.2. The predicted octanol–water partition coefficient (Wildman–Crippen LogP) is 4.39. The van der Waals surface area contributed by atoms with E-state index in [-0.39, 0.29) is 11.3 Å². The van der Waals surface area contributed by atoms with E-state index in [0.717, 1.165) is 36.6 Å². The van der Waals surface area contributed by atoms with Crippen molar-refractivity contribution in [3.8, 4) is 0 Å². The molecule has 0 unspecified atom stereocenters. The second kappa shape index (κ2) is 6.04. The summed E-state index contributed by atoms with van der Waals surface area (Å²) in [6.07, 6.45) is 6.99.